The predicted octanol–water partition coefficient (Wildman–Crippen LogP) is 25.7. The molecule has 0 aromatic heterocycles. The number of hydrogen-bond acceptors (Lipinski definition) is 5. The number of hydrogen-bond donors (Lipinski definition) is 3. The molecule has 0 bridgehead atoms. The molecule has 3 N–H and O–H groups in total. The lowest BCUT2D eigenvalue weighted by atomic mass is 10.0. The Hall–Kier alpha value is -1.66. The molecule has 0 heterocycles. The van der Waals surface area contributed by atoms with Crippen LogP contribution in [0.5, 0.6) is 0 Å². The Morgan fingerprint density at radius 1 is 0.329 bits per heavy atom. The minimum absolute atomic E-state index is 0.0182. The Morgan fingerprint density at radius 3 is 0.894 bits per heavy atom. The van der Waals surface area contributed by atoms with E-state index < -0.39 is 12.1 Å². The molecule has 0 aliphatic rings. The molecule has 0 fully saturated rings. The second-order valence-electron chi connectivity index (χ2n) is 27.0. The van der Waals surface area contributed by atoms with Crippen LogP contribution >= 0.6 is 0 Å². The van der Waals surface area contributed by atoms with Crippen LogP contribution in [0.2, 0.25) is 0 Å². The average molecular weight is 1200 g/mol. The van der Waals surface area contributed by atoms with Crippen molar-refractivity contribution < 1.29 is 24.5 Å². The SMILES string of the molecule is CCCCCCCCCCCCCCCCCCCCCCC(O)C(CO)NC(=O)CCCCCCCCCCCCCCCCC/C=C\C/C=C\CCCCCCCCCCCOC(=O)CCCCCCCCCCCCCCCCCCC. The topological polar surface area (TPSA) is 95.9 Å². The molecule has 0 saturated heterocycles. The molecule has 6 nitrogen and oxygen atoms in total. The van der Waals surface area contributed by atoms with Crippen LogP contribution in [0.4, 0.5) is 0 Å². The fraction of sp³-hybridized carbons (Fsp3) is 0.924. The molecule has 0 rings (SSSR count). The number of rotatable bonds is 74. The van der Waals surface area contributed by atoms with E-state index in [4.69, 9.17) is 4.74 Å². The van der Waals surface area contributed by atoms with Gasteiger partial charge in [-0.3, -0.25) is 9.59 Å². The molecular formula is C79H153NO5. The number of amides is 1. The lowest BCUT2D eigenvalue weighted by Crippen LogP contribution is -2.45. The first-order chi connectivity index (χ1) is 42.0. The molecule has 0 aromatic rings. The Kier molecular flexibility index (Phi) is 73.3. The van der Waals surface area contributed by atoms with E-state index in [0.717, 1.165) is 44.9 Å². The number of allylic oxidation sites excluding steroid dienone is 4. The summed E-state index contributed by atoms with van der Waals surface area (Å²) in [4.78, 5) is 24.7. The summed E-state index contributed by atoms with van der Waals surface area (Å²) in [5.74, 6) is -0.0113. The summed E-state index contributed by atoms with van der Waals surface area (Å²) < 4.78 is 5.51. The maximum absolute atomic E-state index is 12.6. The van der Waals surface area contributed by atoms with Crippen LogP contribution in [-0.2, 0) is 14.3 Å². The van der Waals surface area contributed by atoms with Gasteiger partial charge in [-0.2, -0.15) is 0 Å². The number of unbranched alkanes of at least 4 members (excludes halogenated alkanes) is 59. The van der Waals surface area contributed by atoms with Gasteiger partial charge in [0.15, 0.2) is 0 Å². The molecule has 1 amide bonds. The Balaban J connectivity index is 3.38. The predicted molar refractivity (Wildman–Crippen MR) is 375 cm³/mol. The van der Waals surface area contributed by atoms with Gasteiger partial charge < -0.3 is 20.3 Å². The summed E-state index contributed by atoms with van der Waals surface area (Å²) in [7, 11) is 0. The first-order valence-electron chi connectivity index (χ1n) is 39.1. The van der Waals surface area contributed by atoms with Crippen molar-refractivity contribution in [1.82, 2.24) is 5.32 Å². The molecule has 0 saturated carbocycles. The number of nitrogens with one attached hydrogen (secondary N) is 1. The highest BCUT2D eigenvalue weighted by Crippen LogP contribution is 2.20. The number of esters is 1. The average Bonchev–Trinajstić information content (AvgIpc) is 3.51. The number of ether oxygens (including phenoxy) is 1. The molecular weight excluding hydrogens is 1040 g/mol. The minimum Gasteiger partial charge on any atom is -0.466 e. The lowest BCUT2D eigenvalue weighted by Gasteiger charge is -2.22. The first-order valence-corrected chi connectivity index (χ1v) is 39.1. The number of aliphatic hydroxyl groups is 2. The summed E-state index contributed by atoms with van der Waals surface area (Å²) in [5.41, 5.74) is 0. The van der Waals surface area contributed by atoms with Crippen molar-refractivity contribution in [2.75, 3.05) is 13.2 Å². The van der Waals surface area contributed by atoms with Gasteiger partial charge in [0.2, 0.25) is 5.91 Å². The molecule has 85 heavy (non-hydrogen) atoms. The Bertz CT molecular complexity index is 1330. The standard InChI is InChI=1S/C79H153NO5/c1-3-5-7-9-11-13-15-17-19-21-22-36-40-43-47-51-55-59-63-67-71-77(82)76(75-81)80-78(83)72-68-64-60-56-52-48-44-41-37-34-32-30-28-26-24-23-25-27-29-31-33-35-38-42-46-50-54-58-62-66-70-74-85-79(84)73-69-65-61-57-53-49-45-39-20-18-16-14-12-10-8-6-4-2/h25,27,31,33,76-77,81-82H,3-24,26,28-30,32,34-75H2,1-2H3,(H,80,83)/b27-25-,33-31-. The van der Waals surface area contributed by atoms with E-state index in [0.29, 0.717) is 25.9 Å². The maximum Gasteiger partial charge on any atom is 0.305 e. The van der Waals surface area contributed by atoms with E-state index in [-0.39, 0.29) is 18.5 Å². The van der Waals surface area contributed by atoms with Gasteiger partial charge in [0.1, 0.15) is 0 Å². The van der Waals surface area contributed by atoms with Crippen molar-refractivity contribution in [2.24, 2.45) is 0 Å². The largest absolute Gasteiger partial charge is 0.466 e. The molecule has 6 heteroatoms. The van der Waals surface area contributed by atoms with Crippen LogP contribution in [0, 0.1) is 0 Å². The highest BCUT2D eigenvalue weighted by atomic mass is 16.5. The van der Waals surface area contributed by atoms with Gasteiger partial charge in [0, 0.05) is 12.8 Å². The lowest BCUT2D eigenvalue weighted by molar-refractivity contribution is -0.143. The number of carbonyl (C=O) groups excluding carboxylic acids is 2. The van der Waals surface area contributed by atoms with E-state index in [1.54, 1.807) is 0 Å². The van der Waals surface area contributed by atoms with Crippen molar-refractivity contribution in [2.45, 2.75) is 456 Å². The van der Waals surface area contributed by atoms with Gasteiger partial charge in [-0.15, -0.1) is 0 Å². The van der Waals surface area contributed by atoms with Gasteiger partial charge >= 0.3 is 5.97 Å². The van der Waals surface area contributed by atoms with Crippen LogP contribution in [0.15, 0.2) is 24.3 Å². The fourth-order valence-electron chi connectivity index (χ4n) is 12.6. The quantitative estimate of drug-likeness (QED) is 0.0320. The van der Waals surface area contributed by atoms with Crippen molar-refractivity contribution in [3.8, 4) is 0 Å². The Morgan fingerprint density at radius 2 is 0.588 bits per heavy atom. The van der Waals surface area contributed by atoms with Crippen molar-refractivity contribution >= 4 is 11.9 Å². The van der Waals surface area contributed by atoms with Crippen molar-refractivity contribution in [3.05, 3.63) is 24.3 Å². The third-order valence-corrected chi connectivity index (χ3v) is 18.5. The van der Waals surface area contributed by atoms with E-state index in [2.05, 4.69) is 43.5 Å². The third kappa shape index (κ3) is 71.3. The summed E-state index contributed by atoms with van der Waals surface area (Å²) in [6.45, 7) is 5.00. The molecule has 0 aliphatic heterocycles. The second kappa shape index (κ2) is 74.8. The zero-order valence-electron chi connectivity index (χ0n) is 57.9. The molecule has 2 unspecified atom stereocenters. The second-order valence-corrected chi connectivity index (χ2v) is 27.0. The van der Waals surface area contributed by atoms with Gasteiger partial charge in [-0.1, -0.05) is 398 Å². The molecule has 0 aliphatic carbocycles. The van der Waals surface area contributed by atoms with E-state index in [9.17, 15) is 19.8 Å². The maximum atomic E-state index is 12.6. The van der Waals surface area contributed by atoms with Crippen LogP contribution in [0.1, 0.15) is 444 Å². The van der Waals surface area contributed by atoms with Gasteiger partial charge in [-0.25, -0.2) is 0 Å². The monoisotopic (exact) mass is 1200 g/mol. The van der Waals surface area contributed by atoms with Gasteiger partial charge in [-0.05, 0) is 57.8 Å². The summed E-state index contributed by atoms with van der Waals surface area (Å²) in [6, 6.07) is -0.542. The van der Waals surface area contributed by atoms with Crippen LogP contribution in [0.3, 0.4) is 0 Å². The van der Waals surface area contributed by atoms with E-state index in [1.807, 2.05) is 0 Å². The van der Waals surface area contributed by atoms with Crippen LogP contribution in [-0.4, -0.2) is 47.4 Å². The summed E-state index contributed by atoms with van der Waals surface area (Å²) in [5, 5.41) is 23.4. The Labute approximate surface area is 532 Å². The zero-order chi connectivity index (χ0) is 61.3. The highest BCUT2D eigenvalue weighted by Gasteiger charge is 2.20. The van der Waals surface area contributed by atoms with Gasteiger partial charge in [0.25, 0.3) is 0 Å². The van der Waals surface area contributed by atoms with Crippen LogP contribution in [0.25, 0.3) is 0 Å². The minimum atomic E-state index is -0.665. The zero-order valence-corrected chi connectivity index (χ0v) is 57.9. The highest BCUT2D eigenvalue weighted by molar-refractivity contribution is 5.76. The van der Waals surface area contributed by atoms with Crippen molar-refractivity contribution in [1.29, 1.82) is 0 Å². The molecule has 0 spiro atoms. The smallest absolute Gasteiger partial charge is 0.305 e. The van der Waals surface area contributed by atoms with Gasteiger partial charge in [0.05, 0.1) is 25.4 Å². The summed E-state index contributed by atoms with van der Waals surface area (Å²) >= 11 is 0. The normalized spacial score (nSPS) is 12.6. The molecule has 504 valence electrons. The van der Waals surface area contributed by atoms with Crippen molar-refractivity contribution in [3.63, 3.8) is 0 Å². The fourth-order valence-corrected chi connectivity index (χ4v) is 12.6. The number of carbonyl (C=O) groups is 2. The molecule has 0 aromatic carbocycles. The third-order valence-electron chi connectivity index (χ3n) is 18.5. The molecule has 2 atom stereocenters. The van der Waals surface area contributed by atoms with E-state index >= 15 is 0 Å². The summed E-state index contributed by atoms with van der Waals surface area (Å²) in [6.07, 6.45) is 95.4. The first kappa shape index (κ1) is 83.3. The number of aliphatic hydroxyl groups excluding tert-OH is 2. The van der Waals surface area contributed by atoms with Crippen LogP contribution < -0.4 is 5.32 Å². The molecule has 0 radical (unpaired) electrons. The van der Waals surface area contributed by atoms with E-state index in [1.165, 1.54) is 366 Å².